The van der Waals surface area contributed by atoms with E-state index < -0.39 is 0 Å². The van der Waals surface area contributed by atoms with Gasteiger partial charge in [0.05, 0.1) is 5.75 Å². The number of hydrogen-bond acceptors (Lipinski definition) is 6. The highest BCUT2D eigenvalue weighted by atomic mass is 32.2. The van der Waals surface area contributed by atoms with Gasteiger partial charge in [0, 0.05) is 31.4 Å². The van der Waals surface area contributed by atoms with Crippen LogP contribution in [0.1, 0.15) is 46.5 Å². The van der Waals surface area contributed by atoms with Crippen molar-refractivity contribution in [3.8, 4) is 0 Å². The summed E-state index contributed by atoms with van der Waals surface area (Å²) in [6.07, 6.45) is 6.01. The molecular weight excluding hydrogens is 350 g/mol. The smallest absolute Gasteiger partial charge is 0.250 e. The summed E-state index contributed by atoms with van der Waals surface area (Å²) >= 11 is 1.38. The van der Waals surface area contributed by atoms with Crippen LogP contribution in [0.3, 0.4) is 0 Å². The van der Waals surface area contributed by atoms with Gasteiger partial charge in [0.25, 0.3) is 5.91 Å². The monoisotopic (exact) mass is 379 g/mol. The average molecular weight is 380 g/mol. The molecule has 1 heterocycles. The van der Waals surface area contributed by atoms with Crippen LogP contribution in [0.5, 0.6) is 0 Å². The molecule has 1 aromatic rings. The van der Waals surface area contributed by atoms with Crippen molar-refractivity contribution in [1.29, 1.82) is 0 Å². The minimum Gasteiger partial charge on any atom is -0.385 e. The van der Waals surface area contributed by atoms with Crippen molar-refractivity contribution in [2.24, 2.45) is 21.8 Å². The second-order valence-corrected chi connectivity index (χ2v) is 8.97. The van der Waals surface area contributed by atoms with Gasteiger partial charge in [-0.3, -0.25) is 4.79 Å². The van der Waals surface area contributed by atoms with E-state index in [4.69, 9.17) is 4.74 Å². The third-order valence-corrected chi connectivity index (χ3v) is 7.47. The van der Waals surface area contributed by atoms with Crippen LogP contribution in [0.15, 0.2) is 16.6 Å². The molecule has 2 aliphatic rings. The molecule has 3 rings (SSSR count). The number of methoxy groups -OCH3 is 1. The Morgan fingerprint density at radius 2 is 2.31 bits per heavy atom. The van der Waals surface area contributed by atoms with Crippen LogP contribution in [0, 0.1) is 16.7 Å². The Morgan fingerprint density at radius 3 is 2.96 bits per heavy atom. The molecular formula is C18H29N5O2S. The number of carbonyl (C=O) groups is 1. The van der Waals surface area contributed by atoms with E-state index >= 15 is 0 Å². The van der Waals surface area contributed by atoms with Crippen LogP contribution >= 0.6 is 11.8 Å². The molecule has 2 aliphatic carbocycles. The van der Waals surface area contributed by atoms with Crippen LogP contribution in [0.25, 0.3) is 0 Å². The number of hydrogen-bond donors (Lipinski definition) is 1. The van der Waals surface area contributed by atoms with Gasteiger partial charge in [-0.2, -0.15) is 5.10 Å². The first kappa shape index (κ1) is 19.4. The summed E-state index contributed by atoms with van der Waals surface area (Å²) in [7, 11) is 1.69. The molecule has 1 amide bonds. The zero-order valence-corrected chi connectivity index (χ0v) is 16.9. The Labute approximate surface area is 159 Å². The molecule has 2 unspecified atom stereocenters. The number of rotatable bonds is 8. The summed E-state index contributed by atoms with van der Waals surface area (Å²) in [5.41, 5.74) is 4.29. The summed E-state index contributed by atoms with van der Waals surface area (Å²) in [5.74, 6) is 0.866. The molecule has 2 atom stereocenters. The summed E-state index contributed by atoms with van der Waals surface area (Å²) < 4.78 is 7.01. The SMILES string of the molecule is COCCCn1cnnc1SCC(=O)NN=C1CC2CCC1(C)C2(C)C. The van der Waals surface area contributed by atoms with E-state index in [2.05, 4.69) is 41.5 Å². The second kappa shape index (κ2) is 7.68. The molecule has 7 nitrogen and oxygen atoms in total. The number of nitrogens with one attached hydrogen (secondary N) is 1. The molecule has 2 fully saturated rings. The van der Waals surface area contributed by atoms with Crippen molar-refractivity contribution in [3.63, 3.8) is 0 Å². The van der Waals surface area contributed by atoms with Crippen molar-refractivity contribution in [1.82, 2.24) is 20.2 Å². The topological polar surface area (TPSA) is 81.4 Å². The number of carbonyl (C=O) groups excluding carboxylic acids is 1. The Morgan fingerprint density at radius 1 is 1.50 bits per heavy atom. The molecule has 1 aromatic heterocycles. The Bertz CT molecular complexity index is 687. The lowest BCUT2D eigenvalue weighted by Crippen LogP contribution is -2.34. The van der Waals surface area contributed by atoms with Gasteiger partial charge in [0.2, 0.25) is 0 Å². The lowest BCUT2D eigenvalue weighted by Gasteiger charge is -2.34. The molecule has 2 saturated carbocycles. The zero-order chi connectivity index (χ0) is 18.8. The molecule has 0 aromatic carbocycles. The first-order chi connectivity index (χ1) is 12.4. The van der Waals surface area contributed by atoms with Gasteiger partial charge in [-0.1, -0.05) is 32.5 Å². The van der Waals surface area contributed by atoms with Crippen molar-refractivity contribution in [2.75, 3.05) is 19.5 Å². The van der Waals surface area contributed by atoms with E-state index in [0.29, 0.717) is 12.5 Å². The van der Waals surface area contributed by atoms with E-state index in [1.807, 2.05) is 4.57 Å². The molecule has 1 N–H and O–H groups in total. The first-order valence-corrected chi connectivity index (χ1v) is 10.2. The maximum atomic E-state index is 12.2. The third-order valence-electron chi connectivity index (χ3n) is 6.49. The Kier molecular flexibility index (Phi) is 5.72. The number of aromatic nitrogens is 3. The summed E-state index contributed by atoms with van der Waals surface area (Å²) in [4.78, 5) is 12.2. The lowest BCUT2D eigenvalue weighted by molar-refractivity contribution is -0.118. The summed E-state index contributed by atoms with van der Waals surface area (Å²) in [5, 5.41) is 13.3. The predicted octanol–water partition coefficient (Wildman–Crippen LogP) is 2.73. The highest BCUT2D eigenvalue weighted by molar-refractivity contribution is 7.99. The van der Waals surface area contributed by atoms with Crippen LogP contribution in [0.2, 0.25) is 0 Å². The number of fused-ring (bicyclic) bond motifs is 2. The normalized spacial score (nSPS) is 28.0. The van der Waals surface area contributed by atoms with Crippen molar-refractivity contribution in [3.05, 3.63) is 6.33 Å². The summed E-state index contributed by atoms with van der Waals surface area (Å²) in [6.45, 7) is 8.43. The zero-order valence-electron chi connectivity index (χ0n) is 16.1. The van der Waals surface area contributed by atoms with E-state index in [1.54, 1.807) is 13.4 Å². The fourth-order valence-electron chi connectivity index (χ4n) is 4.28. The summed E-state index contributed by atoms with van der Waals surface area (Å²) in [6, 6.07) is 0. The number of amides is 1. The van der Waals surface area contributed by atoms with Gasteiger partial charge in [-0.25, -0.2) is 5.43 Å². The van der Waals surface area contributed by atoms with Gasteiger partial charge < -0.3 is 9.30 Å². The molecule has 144 valence electrons. The van der Waals surface area contributed by atoms with E-state index in [0.717, 1.165) is 30.3 Å². The molecule has 0 aliphatic heterocycles. The predicted molar refractivity (Wildman–Crippen MR) is 102 cm³/mol. The molecule has 26 heavy (non-hydrogen) atoms. The fraction of sp³-hybridized carbons (Fsp3) is 0.778. The van der Waals surface area contributed by atoms with Gasteiger partial charge in [-0.05, 0) is 37.0 Å². The third kappa shape index (κ3) is 3.53. The van der Waals surface area contributed by atoms with Crippen LogP contribution in [0.4, 0.5) is 0 Å². The first-order valence-electron chi connectivity index (χ1n) is 9.24. The Hall–Kier alpha value is -1.41. The van der Waals surface area contributed by atoms with Crippen LogP contribution < -0.4 is 5.43 Å². The molecule has 2 bridgehead atoms. The van der Waals surface area contributed by atoms with E-state index in [-0.39, 0.29) is 22.5 Å². The van der Waals surface area contributed by atoms with Gasteiger partial charge in [0.15, 0.2) is 5.16 Å². The van der Waals surface area contributed by atoms with Crippen molar-refractivity contribution in [2.45, 2.75) is 58.2 Å². The molecule has 0 saturated heterocycles. The lowest BCUT2D eigenvalue weighted by atomic mass is 9.70. The largest absolute Gasteiger partial charge is 0.385 e. The van der Waals surface area contributed by atoms with Crippen LogP contribution in [-0.4, -0.2) is 45.9 Å². The van der Waals surface area contributed by atoms with Crippen molar-refractivity contribution < 1.29 is 9.53 Å². The molecule has 0 radical (unpaired) electrons. The average Bonchev–Trinajstić information content (AvgIpc) is 3.20. The van der Waals surface area contributed by atoms with Gasteiger partial charge in [-0.15, -0.1) is 10.2 Å². The Balaban J connectivity index is 1.51. The van der Waals surface area contributed by atoms with Crippen molar-refractivity contribution >= 4 is 23.4 Å². The second-order valence-electron chi connectivity index (χ2n) is 8.03. The number of aryl methyl sites for hydroxylation is 1. The highest BCUT2D eigenvalue weighted by Gasteiger charge is 2.59. The quantitative estimate of drug-likeness (QED) is 0.427. The number of hydrazone groups is 1. The number of ether oxygens (including phenoxy) is 1. The maximum Gasteiger partial charge on any atom is 0.250 e. The molecule has 8 heteroatoms. The molecule has 0 spiro atoms. The number of nitrogens with zero attached hydrogens (tertiary/aromatic N) is 4. The maximum absolute atomic E-state index is 12.2. The van der Waals surface area contributed by atoms with E-state index in [1.165, 1.54) is 24.6 Å². The fourth-order valence-corrected chi connectivity index (χ4v) is 5.01. The van der Waals surface area contributed by atoms with E-state index in [9.17, 15) is 4.79 Å². The minimum atomic E-state index is -0.0990. The minimum absolute atomic E-state index is 0.0990. The van der Waals surface area contributed by atoms with Gasteiger partial charge >= 0.3 is 0 Å². The highest BCUT2D eigenvalue weighted by Crippen LogP contribution is 2.63. The van der Waals surface area contributed by atoms with Crippen LogP contribution in [-0.2, 0) is 16.1 Å². The van der Waals surface area contributed by atoms with Gasteiger partial charge in [0.1, 0.15) is 6.33 Å². The standard InChI is InChI=1S/C18H29N5O2S/c1-17(2)13-6-7-18(17,3)14(10-13)20-21-15(24)11-26-16-22-19-12-23(16)8-5-9-25-4/h12-13H,5-11H2,1-4H3,(H,21,24). The number of thioether (sulfide) groups is 1.